The van der Waals surface area contributed by atoms with E-state index in [0.29, 0.717) is 6.61 Å². The maximum Gasteiger partial charge on any atom is 0.153 e. The van der Waals surface area contributed by atoms with Crippen LogP contribution in [0.25, 0.3) is 0 Å². The quantitative estimate of drug-likeness (QED) is 0.839. The molecule has 104 valence electrons. The number of aryl methyl sites for hydroxylation is 1. The highest BCUT2D eigenvalue weighted by atomic mass is 79.9. The Morgan fingerprint density at radius 2 is 2.11 bits per heavy atom. The smallest absolute Gasteiger partial charge is 0.153 e. The summed E-state index contributed by atoms with van der Waals surface area (Å²) in [6, 6.07) is 0.0572. The van der Waals surface area contributed by atoms with Crippen molar-refractivity contribution in [2.75, 3.05) is 13.2 Å². The fraction of sp³-hybridized carbons (Fsp3) is 0.833. The first kappa shape index (κ1) is 15.6. The average molecular weight is 319 g/mol. The van der Waals surface area contributed by atoms with Crippen molar-refractivity contribution in [2.45, 2.75) is 45.8 Å². The molecular weight excluding hydrogens is 296 g/mol. The van der Waals surface area contributed by atoms with Gasteiger partial charge < -0.3 is 10.1 Å². The summed E-state index contributed by atoms with van der Waals surface area (Å²) in [4.78, 5) is 0. The van der Waals surface area contributed by atoms with Gasteiger partial charge in [0.15, 0.2) is 4.60 Å². The van der Waals surface area contributed by atoms with Gasteiger partial charge in [-0.05, 0) is 42.7 Å². The van der Waals surface area contributed by atoms with Gasteiger partial charge in [0, 0.05) is 13.7 Å². The number of likely N-dealkylation sites (N-methyl/N-ethyl adjacent to an activating group) is 1. The molecule has 5 nitrogen and oxygen atoms in total. The Hall–Kier alpha value is -0.460. The van der Waals surface area contributed by atoms with Gasteiger partial charge in [-0.25, -0.2) is 4.68 Å². The highest BCUT2D eigenvalue weighted by molar-refractivity contribution is 9.10. The predicted octanol–water partition coefficient (Wildman–Crippen LogP) is 2.43. The van der Waals surface area contributed by atoms with E-state index in [1.54, 1.807) is 4.68 Å². The summed E-state index contributed by atoms with van der Waals surface area (Å²) >= 11 is 3.47. The zero-order chi connectivity index (χ0) is 13.8. The van der Waals surface area contributed by atoms with Crippen molar-refractivity contribution in [3.63, 3.8) is 0 Å². The summed E-state index contributed by atoms with van der Waals surface area (Å²) in [6.07, 6.45) is 0.913. The van der Waals surface area contributed by atoms with E-state index in [9.17, 15) is 0 Å². The Balaban J connectivity index is 3.16. The lowest BCUT2D eigenvalue weighted by Gasteiger charge is -2.37. The van der Waals surface area contributed by atoms with E-state index in [1.165, 1.54) is 0 Å². The molecule has 1 aromatic heterocycles. The monoisotopic (exact) mass is 318 g/mol. The minimum absolute atomic E-state index is 0.0572. The van der Waals surface area contributed by atoms with E-state index in [1.807, 2.05) is 14.0 Å². The van der Waals surface area contributed by atoms with Crippen LogP contribution in [0.2, 0.25) is 0 Å². The molecule has 0 aromatic carbocycles. The van der Waals surface area contributed by atoms with Crippen molar-refractivity contribution < 1.29 is 4.74 Å². The van der Waals surface area contributed by atoms with Crippen LogP contribution in [0.4, 0.5) is 0 Å². The molecule has 6 heteroatoms. The SMILES string of the molecule is CCNC(c1c(Br)nnn1C)C(C)(CC)OCC. The molecule has 0 saturated heterocycles. The minimum Gasteiger partial charge on any atom is -0.374 e. The summed E-state index contributed by atoms with van der Waals surface area (Å²) in [6.45, 7) is 9.93. The Bertz CT molecular complexity index is 363. The first-order valence-corrected chi connectivity index (χ1v) is 7.21. The van der Waals surface area contributed by atoms with Gasteiger partial charge in [-0.2, -0.15) is 0 Å². The van der Waals surface area contributed by atoms with Crippen molar-refractivity contribution in [1.29, 1.82) is 0 Å². The standard InChI is InChI=1S/C12H23BrN4O/c1-6-12(4,18-8-3)10(14-7-2)9-11(13)15-16-17(9)5/h10,14H,6-8H2,1-5H3. The van der Waals surface area contributed by atoms with Crippen LogP contribution < -0.4 is 5.32 Å². The van der Waals surface area contributed by atoms with Crippen molar-refractivity contribution in [3.05, 3.63) is 10.3 Å². The molecule has 0 bridgehead atoms. The zero-order valence-corrected chi connectivity index (χ0v) is 13.4. The molecule has 2 unspecified atom stereocenters. The van der Waals surface area contributed by atoms with Crippen molar-refractivity contribution in [1.82, 2.24) is 20.3 Å². The van der Waals surface area contributed by atoms with Crippen LogP contribution >= 0.6 is 15.9 Å². The zero-order valence-electron chi connectivity index (χ0n) is 11.8. The van der Waals surface area contributed by atoms with E-state index in [-0.39, 0.29) is 11.6 Å². The van der Waals surface area contributed by atoms with Crippen molar-refractivity contribution in [3.8, 4) is 0 Å². The molecule has 1 N–H and O–H groups in total. The molecule has 1 heterocycles. The van der Waals surface area contributed by atoms with Gasteiger partial charge in [0.05, 0.1) is 17.3 Å². The number of ether oxygens (including phenoxy) is 1. The molecule has 0 spiro atoms. The first-order valence-electron chi connectivity index (χ1n) is 6.42. The Morgan fingerprint density at radius 1 is 1.44 bits per heavy atom. The van der Waals surface area contributed by atoms with Crippen LogP contribution in [-0.4, -0.2) is 33.7 Å². The molecule has 0 aliphatic rings. The summed E-state index contributed by atoms with van der Waals surface area (Å²) in [7, 11) is 1.90. The number of hydrogen-bond acceptors (Lipinski definition) is 4. The highest BCUT2D eigenvalue weighted by Crippen LogP contribution is 2.34. The molecular formula is C12H23BrN4O. The molecule has 0 amide bonds. The molecule has 2 atom stereocenters. The predicted molar refractivity (Wildman–Crippen MR) is 75.4 cm³/mol. The van der Waals surface area contributed by atoms with Crippen LogP contribution in [0.3, 0.4) is 0 Å². The fourth-order valence-corrected chi connectivity index (χ4v) is 2.73. The molecule has 1 rings (SSSR count). The second-order valence-electron chi connectivity index (χ2n) is 4.48. The summed E-state index contributed by atoms with van der Waals surface area (Å²) in [5, 5.41) is 11.6. The maximum absolute atomic E-state index is 5.97. The Kier molecular flexibility index (Phi) is 5.75. The molecule has 0 aliphatic carbocycles. The van der Waals surface area contributed by atoms with Gasteiger partial charge in [0.2, 0.25) is 0 Å². The lowest BCUT2D eigenvalue weighted by molar-refractivity contribution is -0.0579. The number of rotatable bonds is 7. The van der Waals surface area contributed by atoms with E-state index >= 15 is 0 Å². The Morgan fingerprint density at radius 3 is 2.50 bits per heavy atom. The second-order valence-corrected chi connectivity index (χ2v) is 5.23. The molecule has 0 aliphatic heterocycles. The summed E-state index contributed by atoms with van der Waals surface area (Å²) < 4.78 is 8.54. The molecule has 1 aromatic rings. The number of aromatic nitrogens is 3. The topological polar surface area (TPSA) is 52.0 Å². The van der Waals surface area contributed by atoms with Crippen LogP contribution in [-0.2, 0) is 11.8 Å². The molecule has 18 heavy (non-hydrogen) atoms. The normalized spacial score (nSPS) is 16.6. The third-order valence-corrected chi connectivity index (χ3v) is 3.86. The first-order chi connectivity index (χ1) is 8.50. The largest absolute Gasteiger partial charge is 0.374 e. The van der Waals surface area contributed by atoms with Crippen LogP contribution in [0.5, 0.6) is 0 Å². The molecule has 0 fully saturated rings. The average Bonchev–Trinajstić information content (AvgIpc) is 2.66. The van der Waals surface area contributed by atoms with Gasteiger partial charge in [-0.15, -0.1) is 5.10 Å². The van der Waals surface area contributed by atoms with Gasteiger partial charge >= 0.3 is 0 Å². The summed E-state index contributed by atoms with van der Waals surface area (Å²) in [5.74, 6) is 0. The van der Waals surface area contributed by atoms with E-state index in [0.717, 1.165) is 23.3 Å². The second kappa shape index (κ2) is 6.63. The maximum atomic E-state index is 5.97. The highest BCUT2D eigenvalue weighted by Gasteiger charge is 2.37. The number of nitrogens with zero attached hydrogens (tertiary/aromatic N) is 3. The third kappa shape index (κ3) is 3.10. The molecule has 0 radical (unpaired) electrons. The van der Waals surface area contributed by atoms with Gasteiger partial charge in [-0.1, -0.05) is 19.1 Å². The lowest BCUT2D eigenvalue weighted by Crippen LogP contribution is -2.44. The van der Waals surface area contributed by atoms with E-state index in [2.05, 4.69) is 52.3 Å². The Labute approximate surface area is 117 Å². The van der Waals surface area contributed by atoms with E-state index in [4.69, 9.17) is 4.74 Å². The third-order valence-electron chi connectivity index (χ3n) is 3.30. The van der Waals surface area contributed by atoms with Crippen molar-refractivity contribution in [2.24, 2.45) is 7.05 Å². The number of hydrogen-bond donors (Lipinski definition) is 1. The lowest BCUT2D eigenvalue weighted by atomic mass is 9.90. The van der Waals surface area contributed by atoms with Gasteiger partial charge in [-0.3, -0.25) is 0 Å². The minimum atomic E-state index is -0.275. The van der Waals surface area contributed by atoms with E-state index < -0.39 is 0 Å². The van der Waals surface area contributed by atoms with Gasteiger partial charge in [0.25, 0.3) is 0 Å². The van der Waals surface area contributed by atoms with Gasteiger partial charge in [0.1, 0.15) is 0 Å². The van der Waals surface area contributed by atoms with Crippen molar-refractivity contribution >= 4 is 15.9 Å². The number of nitrogens with one attached hydrogen (secondary N) is 1. The fourth-order valence-electron chi connectivity index (χ4n) is 2.17. The molecule has 0 saturated carbocycles. The summed E-state index contributed by atoms with van der Waals surface area (Å²) in [5.41, 5.74) is 0.748. The van der Waals surface area contributed by atoms with Crippen LogP contribution in [0.1, 0.15) is 45.9 Å². The van der Waals surface area contributed by atoms with Crippen LogP contribution in [0, 0.1) is 0 Å². The van der Waals surface area contributed by atoms with Crippen LogP contribution in [0.15, 0.2) is 4.60 Å². The number of halogens is 1.